The molecule has 1 aromatic carbocycles. The highest BCUT2D eigenvalue weighted by molar-refractivity contribution is 5.61. The lowest BCUT2D eigenvalue weighted by Crippen LogP contribution is -2.38. The van der Waals surface area contributed by atoms with Crippen molar-refractivity contribution in [3.63, 3.8) is 0 Å². The monoisotopic (exact) mass is 292 g/mol. The van der Waals surface area contributed by atoms with E-state index in [-0.39, 0.29) is 5.69 Å². The summed E-state index contributed by atoms with van der Waals surface area (Å²) in [6.07, 6.45) is 5.07. The molecule has 2 unspecified atom stereocenters. The molecule has 1 aromatic rings. The number of hydrazine groups is 1. The van der Waals surface area contributed by atoms with E-state index in [0.717, 1.165) is 12.1 Å². The molecule has 6 heteroatoms. The van der Waals surface area contributed by atoms with Crippen LogP contribution >= 0.6 is 0 Å². The molecule has 2 atom stereocenters. The van der Waals surface area contributed by atoms with Crippen molar-refractivity contribution in [2.75, 3.05) is 12.5 Å². The standard InChI is InChI=1S/C15H24N4O2/c1-11-5-3-4-6-14(11)18(2)10-12-7-8-13(17-16)15(9-12)19(20)21/h7-9,11,14,17H,3-6,10,16H2,1-2H3. The Morgan fingerprint density at radius 3 is 2.76 bits per heavy atom. The zero-order chi connectivity index (χ0) is 15.4. The number of nitrogens with two attached hydrogens (primary N) is 1. The number of anilines is 1. The van der Waals surface area contributed by atoms with Crippen LogP contribution in [0.25, 0.3) is 0 Å². The molecule has 116 valence electrons. The van der Waals surface area contributed by atoms with Crippen LogP contribution in [-0.4, -0.2) is 22.9 Å². The molecule has 1 aliphatic carbocycles. The first-order valence-electron chi connectivity index (χ1n) is 7.47. The maximum atomic E-state index is 11.1. The summed E-state index contributed by atoms with van der Waals surface area (Å²) in [7, 11) is 2.10. The lowest BCUT2D eigenvalue weighted by atomic mass is 9.85. The fourth-order valence-corrected chi connectivity index (χ4v) is 3.31. The van der Waals surface area contributed by atoms with E-state index in [1.807, 2.05) is 6.07 Å². The predicted molar refractivity (Wildman–Crippen MR) is 83.8 cm³/mol. The Kier molecular flexibility index (Phi) is 5.14. The molecule has 0 aliphatic heterocycles. The number of nitrogens with one attached hydrogen (secondary N) is 1. The highest BCUT2D eigenvalue weighted by Crippen LogP contribution is 2.29. The topological polar surface area (TPSA) is 84.4 Å². The molecule has 1 saturated carbocycles. The van der Waals surface area contributed by atoms with Crippen LogP contribution < -0.4 is 11.3 Å². The molecular formula is C15H24N4O2. The van der Waals surface area contributed by atoms with Crippen molar-refractivity contribution in [1.29, 1.82) is 0 Å². The lowest BCUT2D eigenvalue weighted by Gasteiger charge is -2.36. The minimum absolute atomic E-state index is 0.0279. The van der Waals surface area contributed by atoms with E-state index in [2.05, 4.69) is 24.3 Å². The number of nitro benzene ring substituents is 1. The molecule has 1 aliphatic rings. The predicted octanol–water partition coefficient (Wildman–Crippen LogP) is 2.89. The zero-order valence-corrected chi connectivity index (χ0v) is 12.7. The van der Waals surface area contributed by atoms with Gasteiger partial charge in [-0.25, -0.2) is 0 Å². The van der Waals surface area contributed by atoms with Crippen molar-refractivity contribution < 1.29 is 4.92 Å². The molecule has 6 nitrogen and oxygen atoms in total. The Bertz CT molecular complexity index is 506. The summed E-state index contributed by atoms with van der Waals surface area (Å²) in [6.45, 7) is 3.02. The van der Waals surface area contributed by atoms with Gasteiger partial charge in [0, 0.05) is 18.7 Å². The molecule has 0 spiro atoms. The molecule has 0 saturated heterocycles. The van der Waals surface area contributed by atoms with Gasteiger partial charge >= 0.3 is 0 Å². The second kappa shape index (κ2) is 6.87. The van der Waals surface area contributed by atoms with Crippen molar-refractivity contribution >= 4 is 11.4 Å². The van der Waals surface area contributed by atoms with Crippen LogP contribution in [0, 0.1) is 16.0 Å². The van der Waals surface area contributed by atoms with Crippen LogP contribution in [-0.2, 0) is 6.54 Å². The van der Waals surface area contributed by atoms with Gasteiger partial charge in [-0.05, 0) is 37.4 Å². The molecular weight excluding hydrogens is 268 g/mol. The quantitative estimate of drug-likeness (QED) is 0.495. The summed E-state index contributed by atoms with van der Waals surface area (Å²) < 4.78 is 0. The first-order valence-corrected chi connectivity index (χ1v) is 7.47. The maximum Gasteiger partial charge on any atom is 0.293 e. The zero-order valence-electron chi connectivity index (χ0n) is 12.7. The van der Waals surface area contributed by atoms with Crippen molar-refractivity contribution in [3.8, 4) is 0 Å². The smallest absolute Gasteiger partial charge is 0.293 e. The Hall–Kier alpha value is -1.66. The number of hydrogen-bond donors (Lipinski definition) is 2. The van der Waals surface area contributed by atoms with Gasteiger partial charge in [-0.1, -0.05) is 25.8 Å². The number of hydrogen-bond acceptors (Lipinski definition) is 5. The molecule has 0 aromatic heterocycles. The van der Waals surface area contributed by atoms with Crippen LogP contribution in [0.5, 0.6) is 0 Å². The number of nitro groups is 1. The van der Waals surface area contributed by atoms with Crippen molar-refractivity contribution in [2.45, 2.75) is 45.2 Å². The van der Waals surface area contributed by atoms with Crippen molar-refractivity contribution in [3.05, 3.63) is 33.9 Å². The van der Waals surface area contributed by atoms with Crippen LogP contribution in [0.3, 0.4) is 0 Å². The maximum absolute atomic E-state index is 11.1. The third-order valence-electron chi connectivity index (χ3n) is 4.48. The summed E-state index contributed by atoms with van der Waals surface area (Å²) in [5, 5.41) is 11.1. The average molecular weight is 292 g/mol. The summed E-state index contributed by atoms with van der Waals surface area (Å²) >= 11 is 0. The molecule has 2 rings (SSSR count). The SMILES string of the molecule is CC1CCCCC1N(C)Cc1ccc(NN)c([N+](=O)[O-])c1. The number of rotatable bonds is 5. The van der Waals surface area contributed by atoms with E-state index in [4.69, 9.17) is 5.84 Å². The highest BCUT2D eigenvalue weighted by Gasteiger charge is 2.25. The number of nitrogens with zero attached hydrogens (tertiary/aromatic N) is 2. The largest absolute Gasteiger partial charge is 0.318 e. The highest BCUT2D eigenvalue weighted by atomic mass is 16.6. The van der Waals surface area contributed by atoms with Crippen LogP contribution in [0.4, 0.5) is 11.4 Å². The van der Waals surface area contributed by atoms with Crippen LogP contribution in [0.15, 0.2) is 18.2 Å². The van der Waals surface area contributed by atoms with E-state index in [9.17, 15) is 10.1 Å². The molecule has 3 N–H and O–H groups in total. The summed E-state index contributed by atoms with van der Waals surface area (Å²) in [5.74, 6) is 5.99. The first kappa shape index (κ1) is 15.7. The van der Waals surface area contributed by atoms with Gasteiger partial charge in [0.2, 0.25) is 0 Å². The molecule has 1 fully saturated rings. The van der Waals surface area contributed by atoms with Crippen LogP contribution in [0.1, 0.15) is 38.2 Å². The summed E-state index contributed by atoms with van der Waals surface area (Å²) in [6, 6.07) is 5.74. The van der Waals surface area contributed by atoms with Gasteiger partial charge in [0.15, 0.2) is 0 Å². The molecule has 0 amide bonds. The molecule has 0 radical (unpaired) electrons. The first-order chi connectivity index (χ1) is 10.0. The second-order valence-corrected chi connectivity index (χ2v) is 6.00. The normalized spacial score (nSPS) is 22.3. The third kappa shape index (κ3) is 3.71. The van der Waals surface area contributed by atoms with E-state index in [0.29, 0.717) is 17.6 Å². The summed E-state index contributed by atoms with van der Waals surface area (Å²) in [5.41, 5.74) is 3.69. The van der Waals surface area contributed by atoms with Gasteiger partial charge in [-0.3, -0.25) is 20.9 Å². The Morgan fingerprint density at radius 2 is 2.14 bits per heavy atom. The van der Waals surface area contributed by atoms with E-state index < -0.39 is 4.92 Å². The lowest BCUT2D eigenvalue weighted by molar-refractivity contribution is -0.384. The Labute approximate surface area is 125 Å². The summed E-state index contributed by atoms with van der Waals surface area (Å²) in [4.78, 5) is 13.0. The fourth-order valence-electron chi connectivity index (χ4n) is 3.31. The van der Waals surface area contributed by atoms with Crippen LogP contribution in [0.2, 0.25) is 0 Å². The van der Waals surface area contributed by atoms with Gasteiger partial charge in [-0.2, -0.15) is 0 Å². The molecule has 0 heterocycles. The van der Waals surface area contributed by atoms with Gasteiger partial charge in [0.05, 0.1) is 4.92 Å². The van der Waals surface area contributed by atoms with Crippen molar-refractivity contribution in [1.82, 2.24) is 4.90 Å². The van der Waals surface area contributed by atoms with Gasteiger partial charge in [0.25, 0.3) is 5.69 Å². The second-order valence-electron chi connectivity index (χ2n) is 6.00. The Morgan fingerprint density at radius 1 is 1.43 bits per heavy atom. The van der Waals surface area contributed by atoms with E-state index >= 15 is 0 Å². The van der Waals surface area contributed by atoms with E-state index in [1.54, 1.807) is 12.1 Å². The minimum atomic E-state index is -0.401. The molecule has 0 bridgehead atoms. The number of benzene rings is 1. The van der Waals surface area contributed by atoms with Gasteiger partial charge in [0.1, 0.15) is 5.69 Å². The fraction of sp³-hybridized carbons (Fsp3) is 0.600. The average Bonchev–Trinajstić information content (AvgIpc) is 2.47. The van der Waals surface area contributed by atoms with Crippen molar-refractivity contribution in [2.24, 2.45) is 11.8 Å². The van der Waals surface area contributed by atoms with Gasteiger partial charge < -0.3 is 5.43 Å². The van der Waals surface area contributed by atoms with Gasteiger partial charge in [-0.15, -0.1) is 0 Å². The number of nitrogen functional groups attached to an aromatic ring is 1. The molecule has 21 heavy (non-hydrogen) atoms. The Balaban J connectivity index is 2.11. The minimum Gasteiger partial charge on any atom is -0.318 e. The van der Waals surface area contributed by atoms with E-state index in [1.165, 1.54) is 25.7 Å². The third-order valence-corrected chi connectivity index (χ3v) is 4.48.